The third-order valence-corrected chi connectivity index (χ3v) is 3.93. The largest absolute Gasteiger partial charge is 0.241 e. The molecule has 0 aliphatic carbocycles. The molecule has 0 saturated carbocycles. The van der Waals surface area contributed by atoms with E-state index in [9.17, 15) is 8.42 Å². The molecule has 2 rings (SSSR count). The van der Waals surface area contributed by atoms with Crippen LogP contribution in [0.4, 0.5) is 0 Å². The molecule has 0 fully saturated rings. The van der Waals surface area contributed by atoms with Crippen LogP contribution in [-0.4, -0.2) is 24.0 Å². The number of hydrogen-bond acceptors (Lipinski definition) is 3. The first-order valence-corrected chi connectivity index (χ1v) is 6.72. The average molecular weight is 248 g/mol. The van der Waals surface area contributed by atoms with Crippen LogP contribution in [0, 0.1) is 0 Å². The first kappa shape index (κ1) is 11.6. The van der Waals surface area contributed by atoms with Gasteiger partial charge in [0, 0.05) is 12.4 Å². The predicted octanol–water partition coefficient (Wildman–Crippen LogP) is 1.83. The molecule has 2 aromatic rings. The van der Waals surface area contributed by atoms with E-state index in [2.05, 4.69) is 11.7 Å². The Morgan fingerprint density at radius 1 is 1.35 bits per heavy atom. The number of nitrogens with zero attached hydrogens (tertiary/aromatic N) is 2. The van der Waals surface area contributed by atoms with E-state index in [0.29, 0.717) is 0 Å². The molecule has 4 nitrogen and oxygen atoms in total. The third-order valence-electron chi connectivity index (χ3n) is 2.28. The number of hydrogen-bond donors (Lipinski definition) is 0. The maximum Gasteiger partial charge on any atom is 0.181 e. The van der Waals surface area contributed by atoms with Gasteiger partial charge in [0.2, 0.25) is 0 Å². The van der Waals surface area contributed by atoms with Crippen molar-refractivity contribution in [3.63, 3.8) is 0 Å². The van der Waals surface area contributed by atoms with Crippen molar-refractivity contribution in [3.05, 3.63) is 55.4 Å². The van der Waals surface area contributed by atoms with Crippen molar-refractivity contribution >= 4 is 9.84 Å². The maximum absolute atomic E-state index is 11.9. The van der Waals surface area contributed by atoms with Crippen molar-refractivity contribution in [2.45, 2.75) is 4.90 Å². The normalized spacial score (nSPS) is 11.3. The zero-order valence-corrected chi connectivity index (χ0v) is 9.97. The molecule has 17 heavy (non-hydrogen) atoms. The minimum absolute atomic E-state index is 0.0600. The van der Waals surface area contributed by atoms with Gasteiger partial charge >= 0.3 is 0 Å². The number of benzene rings is 1. The molecule has 5 heteroatoms. The Kier molecular flexibility index (Phi) is 3.10. The second-order valence-electron chi connectivity index (χ2n) is 3.52. The van der Waals surface area contributed by atoms with E-state index in [0.717, 1.165) is 5.69 Å². The van der Waals surface area contributed by atoms with Crippen molar-refractivity contribution in [2.24, 2.45) is 0 Å². The third kappa shape index (κ3) is 2.45. The fourth-order valence-electron chi connectivity index (χ4n) is 1.49. The molecule has 1 aromatic carbocycles. The highest BCUT2D eigenvalue weighted by Gasteiger charge is 2.12. The molecule has 0 N–H and O–H groups in total. The number of sulfone groups is 1. The van der Waals surface area contributed by atoms with Gasteiger partial charge in [-0.1, -0.05) is 12.1 Å². The summed E-state index contributed by atoms with van der Waals surface area (Å²) >= 11 is 0. The van der Waals surface area contributed by atoms with E-state index in [4.69, 9.17) is 0 Å². The summed E-state index contributed by atoms with van der Waals surface area (Å²) in [6.07, 6.45) is 4.79. The van der Waals surface area contributed by atoms with Gasteiger partial charge in [0.15, 0.2) is 9.84 Å². The van der Waals surface area contributed by atoms with Crippen LogP contribution in [0.1, 0.15) is 0 Å². The Morgan fingerprint density at radius 2 is 2.18 bits per heavy atom. The maximum atomic E-state index is 11.9. The highest BCUT2D eigenvalue weighted by Crippen LogP contribution is 2.15. The van der Waals surface area contributed by atoms with Gasteiger partial charge in [0.05, 0.1) is 16.3 Å². The summed E-state index contributed by atoms with van der Waals surface area (Å²) in [5.74, 6) is -0.0600. The molecule has 0 spiro atoms. The SMILES string of the molecule is C=CCS(=O)(=O)c1cccc(-n2cccn2)c1. The first-order valence-electron chi connectivity index (χ1n) is 5.07. The summed E-state index contributed by atoms with van der Waals surface area (Å²) in [7, 11) is -3.28. The molecule has 1 aromatic heterocycles. The van der Waals surface area contributed by atoms with Gasteiger partial charge in [0.25, 0.3) is 0 Å². The van der Waals surface area contributed by atoms with E-state index in [1.807, 2.05) is 0 Å². The Hall–Kier alpha value is -1.88. The van der Waals surface area contributed by atoms with E-state index >= 15 is 0 Å². The Labute approximate surface area is 100 Å². The van der Waals surface area contributed by atoms with Crippen LogP contribution in [0.2, 0.25) is 0 Å². The van der Waals surface area contributed by atoms with Gasteiger partial charge in [-0.25, -0.2) is 13.1 Å². The summed E-state index contributed by atoms with van der Waals surface area (Å²) in [4.78, 5) is 0.283. The molecule has 0 amide bonds. The van der Waals surface area contributed by atoms with Crippen LogP contribution in [0.5, 0.6) is 0 Å². The van der Waals surface area contributed by atoms with Crippen LogP contribution in [0.3, 0.4) is 0 Å². The van der Waals surface area contributed by atoms with Gasteiger partial charge in [-0.15, -0.1) is 6.58 Å². The van der Waals surface area contributed by atoms with Crippen molar-refractivity contribution < 1.29 is 8.42 Å². The minimum atomic E-state index is -3.28. The molecule has 0 radical (unpaired) electrons. The number of aromatic nitrogens is 2. The molecule has 1 heterocycles. The van der Waals surface area contributed by atoms with E-state index in [1.165, 1.54) is 6.08 Å². The molecular weight excluding hydrogens is 236 g/mol. The van der Waals surface area contributed by atoms with Crippen LogP contribution in [0.15, 0.2) is 60.3 Å². The summed E-state index contributed by atoms with van der Waals surface area (Å²) in [6, 6.07) is 8.47. The van der Waals surface area contributed by atoms with Crippen molar-refractivity contribution in [1.29, 1.82) is 0 Å². The quantitative estimate of drug-likeness (QED) is 0.776. The minimum Gasteiger partial charge on any atom is -0.241 e. The molecule has 0 saturated heterocycles. The smallest absolute Gasteiger partial charge is 0.181 e. The summed E-state index contributed by atoms with van der Waals surface area (Å²) in [5, 5.41) is 4.06. The van der Waals surface area contributed by atoms with Crippen molar-refractivity contribution in [1.82, 2.24) is 9.78 Å². The fourth-order valence-corrected chi connectivity index (χ4v) is 2.58. The molecule has 0 bridgehead atoms. The first-order chi connectivity index (χ1) is 8.13. The zero-order chi connectivity index (χ0) is 12.3. The summed E-state index contributed by atoms with van der Waals surface area (Å²) < 4.78 is 25.3. The standard InChI is InChI=1S/C12H12N2O2S/c1-2-9-17(15,16)12-6-3-5-11(10-12)14-8-4-7-13-14/h2-8,10H,1,9H2. The molecule has 0 aliphatic heterocycles. The topological polar surface area (TPSA) is 52.0 Å². The lowest BCUT2D eigenvalue weighted by Crippen LogP contribution is -2.05. The average Bonchev–Trinajstić information content (AvgIpc) is 2.82. The predicted molar refractivity (Wildman–Crippen MR) is 65.8 cm³/mol. The second kappa shape index (κ2) is 4.55. The fraction of sp³-hybridized carbons (Fsp3) is 0.0833. The molecule has 0 aliphatic rings. The van der Waals surface area contributed by atoms with E-state index < -0.39 is 9.84 Å². The van der Waals surface area contributed by atoms with Crippen LogP contribution in [-0.2, 0) is 9.84 Å². The lowest BCUT2D eigenvalue weighted by molar-refractivity contribution is 0.599. The molecule has 0 atom stereocenters. The van der Waals surface area contributed by atoms with E-state index in [1.54, 1.807) is 47.4 Å². The van der Waals surface area contributed by atoms with Gasteiger partial charge in [-0.05, 0) is 24.3 Å². The molecule has 0 unspecified atom stereocenters. The highest BCUT2D eigenvalue weighted by atomic mass is 32.2. The van der Waals surface area contributed by atoms with Gasteiger partial charge in [-0.2, -0.15) is 5.10 Å². The van der Waals surface area contributed by atoms with Gasteiger partial charge < -0.3 is 0 Å². The lowest BCUT2D eigenvalue weighted by atomic mass is 10.3. The zero-order valence-electron chi connectivity index (χ0n) is 9.15. The van der Waals surface area contributed by atoms with Gasteiger partial charge in [0.1, 0.15) is 0 Å². The van der Waals surface area contributed by atoms with Crippen molar-refractivity contribution in [3.8, 4) is 5.69 Å². The molecular formula is C12H12N2O2S. The molecule has 88 valence electrons. The Bertz CT molecular complexity index is 616. The monoisotopic (exact) mass is 248 g/mol. The lowest BCUT2D eigenvalue weighted by Gasteiger charge is -2.05. The van der Waals surface area contributed by atoms with Crippen LogP contribution in [0.25, 0.3) is 5.69 Å². The van der Waals surface area contributed by atoms with E-state index in [-0.39, 0.29) is 10.6 Å². The highest BCUT2D eigenvalue weighted by molar-refractivity contribution is 7.91. The van der Waals surface area contributed by atoms with Gasteiger partial charge in [-0.3, -0.25) is 0 Å². The second-order valence-corrected chi connectivity index (χ2v) is 5.55. The Morgan fingerprint density at radius 3 is 2.82 bits per heavy atom. The van der Waals surface area contributed by atoms with Crippen molar-refractivity contribution in [2.75, 3.05) is 5.75 Å². The summed E-state index contributed by atoms with van der Waals surface area (Å²) in [6.45, 7) is 3.45. The van der Waals surface area contributed by atoms with Crippen LogP contribution < -0.4 is 0 Å². The van der Waals surface area contributed by atoms with Crippen LogP contribution >= 0.6 is 0 Å². The summed E-state index contributed by atoms with van der Waals surface area (Å²) in [5.41, 5.74) is 0.722. The number of rotatable bonds is 4. The Balaban J connectivity index is 2.46.